The van der Waals surface area contributed by atoms with Gasteiger partial charge >= 0.3 is 18.2 Å². The maximum absolute atomic E-state index is 14.9. The second kappa shape index (κ2) is 51.8. The van der Waals surface area contributed by atoms with Crippen molar-refractivity contribution in [1.82, 2.24) is 56.8 Å². The van der Waals surface area contributed by atoms with E-state index in [2.05, 4.69) is 42.5 Å². The molecule has 0 aromatic heterocycles. The number of unbranched alkanes of at least 4 members (excludes halogenated alkanes) is 2. The summed E-state index contributed by atoms with van der Waals surface area (Å²) in [6.45, 7) is 24.1. The van der Waals surface area contributed by atoms with E-state index < -0.39 is 150 Å². The summed E-state index contributed by atoms with van der Waals surface area (Å²) < 4.78 is 33.9. The number of rotatable bonds is 52. The third kappa shape index (κ3) is 34.0. The minimum absolute atomic E-state index is 0.00103. The van der Waals surface area contributed by atoms with Gasteiger partial charge < -0.3 is 96.7 Å². The standard InChI is InChI=1S/C84H137N13O21S/c1-19-53(8)72(62(113-16)44-66(101)96-42-27-31-61(96)74(115-18)54(9)75(104)89-55(10)73(103)57-28-22-20-23-29-57)94(14)80(109)70(51(4)5)93-78(107)71(52(6)7)95(15)83(112)117-48-56-33-35-58(36-34-56)90-76(105)60(30-26-38-87-81(85)110)91-77(106)69(50(2)3)92-65(100)32-24-21-25-41-97-67(102)45-63(79(97)108)119-43-40-86-64(99)37-39-88-82(111)116-49-68(114-17)118-59(47-98)46-84(11,12)13/h20,22-23,28-29,33-36,50-55,59-63,68-74,98,103H,19,21,24-27,30-32,37-49H2,1-18H3,(H,86,99)(H,88,111)(H,89,104)(H,90,105)(H,91,106)(H,92,100)(H,93,107)(H3,85,87,110)/t53-,54+,55+,59?,60-,61-,62+,63?,68?,69-,70-,71-,72-,73+,74+/m0/s1. The fourth-order valence-electron chi connectivity index (χ4n) is 14.6. The summed E-state index contributed by atoms with van der Waals surface area (Å²) in [6, 6.07) is 8.45. The number of benzene rings is 2. The monoisotopic (exact) mass is 1700 g/mol. The molecular weight excluding hydrogens is 1560 g/mol. The van der Waals surface area contributed by atoms with Crippen LogP contribution in [0.15, 0.2) is 54.6 Å². The Balaban J connectivity index is 1.27. The Labute approximate surface area is 706 Å². The molecule has 0 saturated carbocycles. The average Bonchev–Trinajstić information content (AvgIpc) is 1.78. The van der Waals surface area contributed by atoms with E-state index in [-0.39, 0.29) is 125 Å². The Hall–Kier alpha value is -8.74. The van der Waals surface area contributed by atoms with E-state index in [1.54, 1.807) is 109 Å². The van der Waals surface area contributed by atoms with Crippen molar-refractivity contribution in [3.8, 4) is 0 Å². The molecule has 2 aromatic carbocycles. The summed E-state index contributed by atoms with van der Waals surface area (Å²) in [5.41, 5.74) is 6.65. The zero-order valence-electron chi connectivity index (χ0n) is 73.1. The molecule has 0 radical (unpaired) electrons. The number of hydrogen-bond donors (Lipinski definition) is 11. The first-order valence-electron chi connectivity index (χ1n) is 41.5. The fourth-order valence-corrected chi connectivity index (χ4v) is 15.6. The van der Waals surface area contributed by atoms with Crippen LogP contribution in [0.1, 0.15) is 191 Å². The van der Waals surface area contributed by atoms with Gasteiger partial charge in [0.2, 0.25) is 59.1 Å². The number of carbonyl (C=O) groups excluding carboxylic acids is 13. The number of nitrogens with one attached hydrogen (secondary N) is 8. The van der Waals surface area contributed by atoms with Crippen LogP contribution < -0.4 is 48.3 Å². The lowest BCUT2D eigenvalue weighted by Crippen LogP contribution is -2.60. The number of anilines is 1. The number of amides is 14. The molecule has 14 amide bonds. The number of likely N-dealkylation sites (tertiary alicyclic amines) is 2. The Morgan fingerprint density at radius 1 is 0.697 bits per heavy atom. The molecule has 0 aliphatic carbocycles. The van der Waals surface area contributed by atoms with E-state index in [0.29, 0.717) is 74.1 Å². The number of ether oxygens (including phenoxy) is 6. The molecule has 2 aromatic rings. The second-order valence-corrected chi connectivity index (χ2v) is 34.4. The van der Waals surface area contributed by atoms with Crippen LogP contribution in [-0.4, -0.2) is 266 Å². The highest BCUT2D eigenvalue weighted by Crippen LogP contribution is 2.32. The first-order chi connectivity index (χ1) is 56.2. The number of carbonyl (C=O) groups is 13. The van der Waals surface area contributed by atoms with Gasteiger partial charge in [0.05, 0.1) is 66.7 Å². The molecule has 15 atom stereocenters. The van der Waals surface area contributed by atoms with Crippen molar-refractivity contribution in [3.05, 3.63) is 65.7 Å². The van der Waals surface area contributed by atoms with Crippen molar-refractivity contribution in [2.75, 3.05) is 92.4 Å². The van der Waals surface area contributed by atoms with Gasteiger partial charge in [-0.05, 0) is 104 Å². The Kier molecular flexibility index (Phi) is 44.6. The van der Waals surface area contributed by atoms with Gasteiger partial charge in [-0.15, -0.1) is 11.8 Å². The Morgan fingerprint density at radius 3 is 1.97 bits per heavy atom. The van der Waals surface area contributed by atoms with Crippen molar-refractivity contribution in [3.63, 3.8) is 0 Å². The van der Waals surface area contributed by atoms with E-state index in [0.717, 1.165) is 4.90 Å². The van der Waals surface area contributed by atoms with Crippen LogP contribution in [0.3, 0.4) is 0 Å². The summed E-state index contributed by atoms with van der Waals surface area (Å²) in [6.07, 6.45) is -1.68. The number of hydrogen-bond acceptors (Lipinski definition) is 22. The van der Waals surface area contributed by atoms with Gasteiger partial charge in [0.15, 0.2) is 6.29 Å². The van der Waals surface area contributed by atoms with Gasteiger partial charge in [-0.2, -0.15) is 0 Å². The largest absolute Gasteiger partial charge is 0.445 e. The molecule has 0 spiro atoms. The van der Waals surface area contributed by atoms with Crippen LogP contribution in [-0.2, 0) is 83.0 Å². The number of urea groups is 1. The lowest BCUT2D eigenvalue weighted by molar-refractivity contribution is -0.187. The normalized spacial score (nSPS) is 17.6. The minimum atomic E-state index is -1.16. The number of likely N-dealkylation sites (N-methyl/N-ethyl adjacent to an activating group) is 2. The van der Waals surface area contributed by atoms with Gasteiger partial charge in [0.25, 0.3) is 0 Å². The van der Waals surface area contributed by atoms with Gasteiger partial charge in [0.1, 0.15) is 37.4 Å². The Morgan fingerprint density at radius 2 is 1.37 bits per heavy atom. The molecule has 2 aliphatic rings. The van der Waals surface area contributed by atoms with Gasteiger partial charge in [-0.1, -0.05) is 138 Å². The number of thioether (sulfide) groups is 1. The summed E-state index contributed by atoms with van der Waals surface area (Å²) in [5, 5.41) is 42.0. The quantitative estimate of drug-likeness (QED) is 0.0204. The average molecular weight is 1700 g/mol. The molecule has 2 fully saturated rings. The van der Waals surface area contributed by atoms with Crippen LogP contribution in [0.2, 0.25) is 0 Å². The Bertz CT molecular complexity index is 3580. The number of primary amides is 1. The van der Waals surface area contributed by atoms with Crippen molar-refractivity contribution in [1.29, 1.82) is 0 Å². The summed E-state index contributed by atoms with van der Waals surface area (Å²) in [7, 11) is 7.44. The molecule has 2 saturated heterocycles. The minimum Gasteiger partial charge on any atom is -0.445 e. The van der Waals surface area contributed by atoms with E-state index in [1.807, 2.05) is 52.8 Å². The van der Waals surface area contributed by atoms with Crippen molar-refractivity contribution in [2.45, 2.75) is 258 Å². The molecule has 2 aliphatic heterocycles. The number of nitrogens with two attached hydrogens (primary N) is 1. The van der Waals surface area contributed by atoms with Gasteiger partial charge in [-0.3, -0.25) is 57.7 Å². The third-order valence-electron chi connectivity index (χ3n) is 21.4. The van der Waals surface area contributed by atoms with Gasteiger partial charge in [-0.25, -0.2) is 14.4 Å². The number of alkyl carbamates (subject to hydrolysis) is 1. The van der Waals surface area contributed by atoms with Crippen LogP contribution in [0.5, 0.6) is 0 Å². The summed E-state index contributed by atoms with van der Waals surface area (Å²) in [5.74, 6) is -6.23. The van der Waals surface area contributed by atoms with Gasteiger partial charge in [0, 0.05) is 98.9 Å². The van der Waals surface area contributed by atoms with E-state index >= 15 is 0 Å². The molecule has 0 bridgehead atoms. The number of nitrogens with zero attached hydrogens (tertiary/aromatic N) is 4. The molecule has 119 heavy (non-hydrogen) atoms. The summed E-state index contributed by atoms with van der Waals surface area (Å²) >= 11 is 1.25. The maximum atomic E-state index is 14.9. The molecule has 35 heteroatoms. The first-order valence-corrected chi connectivity index (χ1v) is 42.6. The number of aliphatic hydroxyl groups excluding tert-OH is 2. The highest BCUT2D eigenvalue weighted by Gasteiger charge is 2.45. The van der Waals surface area contributed by atoms with E-state index in [9.17, 15) is 72.5 Å². The molecule has 670 valence electrons. The zero-order valence-corrected chi connectivity index (χ0v) is 73.9. The van der Waals surface area contributed by atoms with E-state index in [4.69, 9.17) is 34.2 Å². The maximum Gasteiger partial charge on any atom is 0.410 e. The smallest absolute Gasteiger partial charge is 0.410 e. The van der Waals surface area contributed by atoms with Crippen LogP contribution >= 0.6 is 11.8 Å². The first kappa shape index (κ1) is 103. The SMILES string of the molecule is CC[C@H](C)[C@@H]([C@@H](CC(=O)N1CCC[C@H]1[C@H](OC)[C@@H](C)C(=O)N[C@H](C)[C@@H](O)c1ccccc1)OC)N(C)C(=O)[C@@H](NC(=O)[C@H](C(C)C)N(C)C(=O)OCc1ccc(NC(=O)[C@H](CCCNC(N)=O)NC(=O)[C@@H](NC(=O)CCCCCN2C(=O)CC(SCCNC(=O)CCNC(=O)OCC(OC)OC(CO)CC(C)(C)C)C2=O)C(C)C)cc1)C(C)C. The fraction of sp³-hybridized carbons (Fsp3) is 0.702. The molecule has 12 N–H and O–H groups in total. The number of aliphatic hydroxyl groups is 2. The number of methoxy groups -OCH3 is 3. The highest BCUT2D eigenvalue weighted by atomic mass is 32.2. The molecule has 3 unspecified atom stereocenters. The predicted octanol–water partition coefficient (Wildman–Crippen LogP) is 6.03. The summed E-state index contributed by atoms with van der Waals surface area (Å²) in [4.78, 5) is 181. The van der Waals surface area contributed by atoms with E-state index in [1.165, 1.54) is 45.0 Å². The van der Waals surface area contributed by atoms with Crippen molar-refractivity contribution in [2.24, 2.45) is 40.7 Å². The predicted molar refractivity (Wildman–Crippen MR) is 449 cm³/mol. The van der Waals surface area contributed by atoms with Crippen LogP contribution in [0.4, 0.5) is 20.1 Å². The molecule has 4 rings (SSSR count). The topological polar surface area (TPSA) is 453 Å². The molecule has 34 nitrogen and oxygen atoms in total. The lowest BCUT2D eigenvalue weighted by atomic mass is 9.89. The highest BCUT2D eigenvalue weighted by molar-refractivity contribution is 8.00. The van der Waals surface area contributed by atoms with Crippen LogP contribution in [0.25, 0.3) is 0 Å². The third-order valence-corrected chi connectivity index (χ3v) is 22.6. The van der Waals surface area contributed by atoms with Crippen molar-refractivity contribution >= 4 is 94.7 Å². The zero-order chi connectivity index (χ0) is 89.0. The van der Waals surface area contributed by atoms with Crippen molar-refractivity contribution < 1.29 is 101 Å². The van der Waals surface area contributed by atoms with Crippen LogP contribution in [0, 0.1) is 35.0 Å². The number of imide groups is 1. The second-order valence-electron chi connectivity index (χ2n) is 33.1. The molecular formula is C84H137N13O21S. The lowest BCUT2D eigenvalue weighted by Gasteiger charge is -2.41. The molecule has 2 heterocycles.